The SMILES string of the molecule is c1ccc(COCC2CNC(COCc3ccccc3)CN2)cc1. The third-order valence-corrected chi connectivity index (χ3v) is 4.17. The summed E-state index contributed by atoms with van der Waals surface area (Å²) < 4.78 is 11.6. The molecule has 2 unspecified atom stereocenters. The van der Waals surface area contributed by atoms with E-state index in [9.17, 15) is 0 Å². The highest BCUT2D eigenvalue weighted by atomic mass is 16.5. The van der Waals surface area contributed by atoms with Gasteiger partial charge in [-0.15, -0.1) is 0 Å². The van der Waals surface area contributed by atoms with Crippen molar-refractivity contribution in [1.82, 2.24) is 10.6 Å². The van der Waals surface area contributed by atoms with Gasteiger partial charge in [0, 0.05) is 25.2 Å². The molecular formula is C20H26N2O2. The lowest BCUT2D eigenvalue weighted by Crippen LogP contribution is -2.57. The molecule has 4 nitrogen and oxygen atoms in total. The average molecular weight is 326 g/mol. The van der Waals surface area contributed by atoms with Gasteiger partial charge in [0.15, 0.2) is 0 Å². The van der Waals surface area contributed by atoms with Crippen LogP contribution in [0.2, 0.25) is 0 Å². The fraction of sp³-hybridized carbons (Fsp3) is 0.400. The molecule has 0 amide bonds. The van der Waals surface area contributed by atoms with Crippen LogP contribution in [0.5, 0.6) is 0 Å². The number of rotatable bonds is 8. The summed E-state index contributed by atoms with van der Waals surface area (Å²) in [6, 6.07) is 21.3. The average Bonchev–Trinajstić information content (AvgIpc) is 2.65. The molecule has 0 aromatic heterocycles. The van der Waals surface area contributed by atoms with Gasteiger partial charge in [0.2, 0.25) is 0 Å². The van der Waals surface area contributed by atoms with E-state index in [1.807, 2.05) is 36.4 Å². The first-order valence-corrected chi connectivity index (χ1v) is 8.60. The summed E-state index contributed by atoms with van der Waals surface area (Å²) in [7, 11) is 0. The molecule has 2 N–H and O–H groups in total. The molecule has 1 aliphatic heterocycles. The summed E-state index contributed by atoms with van der Waals surface area (Å²) in [6.45, 7) is 4.60. The third-order valence-electron chi connectivity index (χ3n) is 4.17. The van der Waals surface area contributed by atoms with Crippen LogP contribution >= 0.6 is 0 Å². The van der Waals surface area contributed by atoms with E-state index in [-0.39, 0.29) is 0 Å². The molecular weight excluding hydrogens is 300 g/mol. The zero-order chi connectivity index (χ0) is 16.5. The molecule has 0 spiro atoms. The largest absolute Gasteiger partial charge is 0.375 e. The van der Waals surface area contributed by atoms with Crippen LogP contribution in [-0.2, 0) is 22.7 Å². The van der Waals surface area contributed by atoms with Crippen molar-refractivity contribution >= 4 is 0 Å². The lowest BCUT2D eigenvalue weighted by Gasteiger charge is -2.31. The Balaban J connectivity index is 1.27. The Labute approximate surface area is 144 Å². The number of ether oxygens (including phenoxy) is 2. The van der Waals surface area contributed by atoms with Crippen LogP contribution in [-0.4, -0.2) is 38.4 Å². The maximum absolute atomic E-state index is 5.80. The van der Waals surface area contributed by atoms with E-state index in [0.29, 0.717) is 25.3 Å². The number of benzene rings is 2. The molecule has 1 aliphatic rings. The third kappa shape index (κ3) is 5.73. The molecule has 4 heteroatoms. The van der Waals surface area contributed by atoms with Gasteiger partial charge >= 0.3 is 0 Å². The van der Waals surface area contributed by atoms with Gasteiger partial charge in [-0.1, -0.05) is 60.7 Å². The number of hydrogen-bond acceptors (Lipinski definition) is 4. The first kappa shape index (κ1) is 17.1. The zero-order valence-corrected chi connectivity index (χ0v) is 14.0. The lowest BCUT2D eigenvalue weighted by molar-refractivity contribution is 0.0680. The molecule has 24 heavy (non-hydrogen) atoms. The Morgan fingerprint density at radius 1 is 0.667 bits per heavy atom. The van der Waals surface area contributed by atoms with Gasteiger partial charge in [-0.05, 0) is 11.1 Å². The predicted molar refractivity (Wildman–Crippen MR) is 95.8 cm³/mol. The van der Waals surface area contributed by atoms with E-state index >= 15 is 0 Å². The van der Waals surface area contributed by atoms with Crippen LogP contribution in [0.15, 0.2) is 60.7 Å². The first-order chi connectivity index (χ1) is 11.9. The second-order valence-electron chi connectivity index (χ2n) is 6.21. The van der Waals surface area contributed by atoms with Crippen LogP contribution in [0.1, 0.15) is 11.1 Å². The van der Waals surface area contributed by atoms with Crippen molar-refractivity contribution in [3.63, 3.8) is 0 Å². The summed E-state index contributed by atoms with van der Waals surface area (Å²) in [5.41, 5.74) is 2.43. The fourth-order valence-corrected chi connectivity index (χ4v) is 2.78. The first-order valence-electron chi connectivity index (χ1n) is 8.60. The van der Waals surface area contributed by atoms with Crippen LogP contribution in [0.25, 0.3) is 0 Å². The molecule has 0 radical (unpaired) electrons. The molecule has 0 bridgehead atoms. The summed E-state index contributed by atoms with van der Waals surface area (Å²) in [5, 5.41) is 7.07. The summed E-state index contributed by atoms with van der Waals surface area (Å²) in [5.74, 6) is 0. The molecule has 2 aromatic carbocycles. The highest BCUT2D eigenvalue weighted by Crippen LogP contribution is 2.04. The van der Waals surface area contributed by atoms with Crippen molar-refractivity contribution in [1.29, 1.82) is 0 Å². The molecule has 128 valence electrons. The van der Waals surface area contributed by atoms with Gasteiger partial charge in [0.05, 0.1) is 26.4 Å². The summed E-state index contributed by atoms with van der Waals surface area (Å²) in [4.78, 5) is 0. The van der Waals surface area contributed by atoms with E-state index in [0.717, 1.165) is 26.3 Å². The molecule has 1 fully saturated rings. The summed E-state index contributed by atoms with van der Waals surface area (Å²) in [6.07, 6.45) is 0. The van der Waals surface area contributed by atoms with E-state index in [4.69, 9.17) is 9.47 Å². The molecule has 1 saturated heterocycles. The maximum Gasteiger partial charge on any atom is 0.0717 e. The van der Waals surface area contributed by atoms with Crippen molar-refractivity contribution in [2.75, 3.05) is 26.3 Å². The molecule has 3 rings (SSSR count). The van der Waals surface area contributed by atoms with Gasteiger partial charge in [-0.2, -0.15) is 0 Å². The Hall–Kier alpha value is -1.72. The number of nitrogens with one attached hydrogen (secondary N) is 2. The van der Waals surface area contributed by atoms with Gasteiger partial charge < -0.3 is 20.1 Å². The minimum Gasteiger partial charge on any atom is -0.375 e. The van der Waals surface area contributed by atoms with Crippen molar-refractivity contribution in [3.8, 4) is 0 Å². The highest BCUT2D eigenvalue weighted by Gasteiger charge is 2.19. The van der Waals surface area contributed by atoms with E-state index < -0.39 is 0 Å². The van der Waals surface area contributed by atoms with E-state index in [1.165, 1.54) is 11.1 Å². The maximum atomic E-state index is 5.80. The second-order valence-corrected chi connectivity index (χ2v) is 6.21. The molecule has 0 aliphatic carbocycles. The van der Waals surface area contributed by atoms with Crippen molar-refractivity contribution < 1.29 is 9.47 Å². The highest BCUT2D eigenvalue weighted by molar-refractivity contribution is 5.14. The Morgan fingerprint density at radius 3 is 1.46 bits per heavy atom. The van der Waals surface area contributed by atoms with Crippen LogP contribution in [0.3, 0.4) is 0 Å². The minimum absolute atomic E-state index is 0.360. The number of piperazine rings is 1. The second kappa shape index (κ2) is 9.55. The lowest BCUT2D eigenvalue weighted by atomic mass is 10.1. The minimum atomic E-state index is 0.360. The molecule has 1 heterocycles. The topological polar surface area (TPSA) is 42.5 Å². The Kier molecular flexibility index (Phi) is 6.81. The Bertz CT molecular complexity index is 515. The molecule has 2 aromatic rings. The van der Waals surface area contributed by atoms with Gasteiger partial charge in [-0.25, -0.2) is 0 Å². The zero-order valence-electron chi connectivity index (χ0n) is 14.0. The van der Waals surface area contributed by atoms with E-state index in [1.54, 1.807) is 0 Å². The van der Waals surface area contributed by atoms with Crippen molar-refractivity contribution in [3.05, 3.63) is 71.8 Å². The van der Waals surface area contributed by atoms with Crippen molar-refractivity contribution in [2.24, 2.45) is 0 Å². The summed E-state index contributed by atoms with van der Waals surface area (Å²) >= 11 is 0. The Morgan fingerprint density at radius 2 is 1.08 bits per heavy atom. The van der Waals surface area contributed by atoms with E-state index in [2.05, 4.69) is 34.9 Å². The standard InChI is InChI=1S/C20H26N2O2/c1-3-7-17(8-4-1)13-23-15-19-11-22-20(12-21-19)16-24-14-18-9-5-2-6-10-18/h1-10,19-22H,11-16H2. The van der Waals surface area contributed by atoms with Crippen LogP contribution in [0, 0.1) is 0 Å². The normalized spacial score (nSPS) is 20.8. The fourth-order valence-electron chi connectivity index (χ4n) is 2.78. The molecule has 2 atom stereocenters. The smallest absolute Gasteiger partial charge is 0.0717 e. The van der Waals surface area contributed by atoms with Crippen LogP contribution < -0.4 is 10.6 Å². The quantitative estimate of drug-likeness (QED) is 0.781. The van der Waals surface area contributed by atoms with Crippen LogP contribution in [0.4, 0.5) is 0 Å². The predicted octanol–water partition coefficient (Wildman–Crippen LogP) is 2.35. The van der Waals surface area contributed by atoms with Gasteiger partial charge in [0.1, 0.15) is 0 Å². The van der Waals surface area contributed by atoms with Gasteiger partial charge in [0.25, 0.3) is 0 Å². The van der Waals surface area contributed by atoms with Crippen molar-refractivity contribution in [2.45, 2.75) is 25.3 Å². The molecule has 0 saturated carbocycles. The van der Waals surface area contributed by atoms with Gasteiger partial charge in [-0.3, -0.25) is 0 Å². The monoisotopic (exact) mass is 326 g/mol. The number of hydrogen-bond donors (Lipinski definition) is 2.